The molecule has 0 saturated carbocycles. The van der Waals surface area contributed by atoms with Crippen molar-refractivity contribution in [2.24, 2.45) is 0 Å². The molecule has 0 aliphatic rings. The Kier molecular flexibility index (Phi) is 3.11. The highest BCUT2D eigenvalue weighted by Gasteiger charge is 2.09. The second kappa shape index (κ2) is 4.41. The maximum Gasteiger partial charge on any atom is 0.160 e. The highest BCUT2D eigenvalue weighted by Crippen LogP contribution is 2.21. The molecule has 4 nitrogen and oxygen atoms in total. The van der Waals surface area contributed by atoms with Crippen molar-refractivity contribution in [2.75, 3.05) is 0 Å². The predicted molar refractivity (Wildman–Crippen MR) is 68.5 cm³/mol. The van der Waals surface area contributed by atoms with E-state index in [1.54, 1.807) is 17.7 Å². The van der Waals surface area contributed by atoms with E-state index in [1.165, 1.54) is 0 Å². The van der Waals surface area contributed by atoms with Crippen LogP contribution in [0.5, 0.6) is 0 Å². The zero-order valence-corrected chi connectivity index (χ0v) is 11.4. The highest BCUT2D eigenvalue weighted by atomic mass is 79.9. The van der Waals surface area contributed by atoms with Crippen molar-refractivity contribution in [3.05, 3.63) is 39.9 Å². The van der Waals surface area contributed by atoms with Gasteiger partial charge in [-0.15, -0.1) is 0 Å². The van der Waals surface area contributed by atoms with Crippen molar-refractivity contribution < 1.29 is 4.79 Å². The molecule has 2 aromatic rings. The molecule has 1 aromatic carbocycles. The molecule has 1 heterocycles. The summed E-state index contributed by atoms with van der Waals surface area (Å²) >= 11 is 3.39. The van der Waals surface area contributed by atoms with Crippen LogP contribution in [-0.4, -0.2) is 20.5 Å². The Balaban J connectivity index is 2.51. The molecule has 0 radical (unpaired) electrons. The third-order valence-corrected chi connectivity index (χ3v) is 3.11. The first-order chi connectivity index (χ1) is 7.99. The molecule has 17 heavy (non-hydrogen) atoms. The maximum atomic E-state index is 11.3. The minimum Gasteiger partial charge on any atom is -0.294 e. The van der Waals surface area contributed by atoms with Gasteiger partial charge >= 0.3 is 0 Å². The van der Waals surface area contributed by atoms with Crippen LogP contribution in [0.15, 0.2) is 22.7 Å². The molecule has 0 bridgehead atoms. The Morgan fingerprint density at radius 1 is 1.35 bits per heavy atom. The highest BCUT2D eigenvalue weighted by molar-refractivity contribution is 9.10. The van der Waals surface area contributed by atoms with Gasteiger partial charge in [-0.05, 0) is 54.9 Å². The molecule has 0 N–H and O–H groups in total. The van der Waals surface area contributed by atoms with Crippen LogP contribution in [0.2, 0.25) is 0 Å². The zero-order valence-electron chi connectivity index (χ0n) is 9.86. The minimum absolute atomic E-state index is 0.0370. The second-order valence-electron chi connectivity index (χ2n) is 3.84. The average Bonchev–Trinajstić information content (AvgIpc) is 2.57. The standard InChI is InChI=1S/C12H12BrN3O/c1-7(17)11-5-4-10(6-12(11)13)16-9(3)14-8(2)15-16/h4-6H,1-3H3. The largest absolute Gasteiger partial charge is 0.294 e. The van der Waals surface area contributed by atoms with Crippen molar-refractivity contribution in [2.45, 2.75) is 20.8 Å². The third-order valence-electron chi connectivity index (χ3n) is 2.45. The summed E-state index contributed by atoms with van der Waals surface area (Å²) in [7, 11) is 0. The van der Waals surface area contributed by atoms with Crippen LogP contribution in [0, 0.1) is 13.8 Å². The molecule has 0 spiro atoms. The summed E-state index contributed by atoms with van der Waals surface area (Å²) in [6.45, 7) is 5.29. The SMILES string of the molecule is CC(=O)c1ccc(-n2nc(C)nc2C)cc1Br. The summed E-state index contributed by atoms with van der Waals surface area (Å²) in [4.78, 5) is 15.6. The van der Waals surface area contributed by atoms with Crippen LogP contribution in [0.25, 0.3) is 5.69 Å². The van der Waals surface area contributed by atoms with E-state index in [2.05, 4.69) is 26.0 Å². The quantitative estimate of drug-likeness (QED) is 0.800. The average molecular weight is 294 g/mol. The van der Waals surface area contributed by atoms with Crippen LogP contribution in [0.4, 0.5) is 0 Å². The van der Waals surface area contributed by atoms with E-state index in [4.69, 9.17) is 0 Å². The number of ketones is 1. The fourth-order valence-electron chi connectivity index (χ4n) is 1.69. The molecule has 0 unspecified atom stereocenters. The summed E-state index contributed by atoms with van der Waals surface area (Å²) in [6.07, 6.45) is 0. The Labute approximate surface area is 108 Å². The first-order valence-corrected chi connectivity index (χ1v) is 5.99. The van der Waals surface area contributed by atoms with Gasteiger partial charge in [0, 0.05) is 10.0 Å². The zero-order chi connectivity index (χ0) is 12.6. The number of hydrogen-bond donors (Lipinski definition) is 0. The lowest BCUT2D eigenvalue weighted by Gasteiger charge is -2.06. The van der Waals surface area contributed by atoms with Gasteiger partial charge in [-0.1, -0.05) is 0 Å². The van der Waals surface area contributed by atoms with Gasteiger partial charge in [0.05, 0.1) is 5.69 Å². The maximum absolute atomic E-state index is 11.3. The van der Waals surface area contributed by atoms with Crippen molar-refractivity contribution >= 4 is 21.7 Å². The van der Waals surface area contributed by atoms with Gasteiger partial charge in [0.15, 0.2) is 5.78 Å². The molecule has 1 aromatic heterocycles. The predicted octanol–water partition coefficient (Wildman–Crippen LogP) is 2.85. The van der Waals surface area contributed by atoms with E-state index in [1.807, 2.05) is 26.0 Å². The smallest absolute Gasteiger partial charge is 0.160 e. The third kappa shape index (κ3) is 2.29. The van der Waals surface area contributed by atoms with Crippen molar-refractivity contribution in [1.29, 1.82) is 0 Å². The summed E-state index contributed by atoms with van der Waals surface area (Å²) < 4.78 is 2.53. The van der Waals surface area contributed by atoms with Gasteiger partial charge in [0.2, 0.25) is 0 Å². The van der Waals surface area contributed by atoms with E-state index in [9.17, 15) is 4.79 Å². The van der Waals surface area contributed by atoms with Crippen LogP contribution in [0.3, 0.4) is 0 Å². The van der Waals surface area contributed by atoms with E-state index < -0.39 is 0 Å². The number of aromatic nitrogens is 3. The Morgan fingerprint density at radius 3 is 2.53 bits per heavy atom. The number of carbonyl (C=O) groups is 1. The van der Waals surface area contributed by atoms with E-state index in [0.717, 1.165) is 21.8 Å². The van der Waals surface area contributed by atoms with Gasteiger partial charge in [0.25, 0.3) is 0 Å². The monoisotopic (exact) mass is 293 g/mol. The lowest BCUT2D eigenvalue weighted by Crippen LogP contribution is -2.01. The number of halogens is 1. The van der Waals surface area contributed by atoms with E-state index in [0.29, 0.717) is 5.56 Å². The van der Waals surface area contributed by atoms with Crippen LogP contribution >= 0.6 is 15.9 Å². The Bertz CT molecular complexity index is 589. The van der Waals surface area contributed by atoms with Crippen molar-refractivity contribution in [3.8, 4) is 5.69 Å². The number of Topliss-reactive ketones (excluding diaryl/α,β-unsaturated/α-hetero) is 1. The van der Waals surface area contributed by atoms with Gasteiger partial charge in [-0.2, -0.15) is 5.10 Å². The summed E-state index contributed by atoms with van der Waals surface area (Å²) in [5, 5.41) is 4.30. The number of aryl methyl sites for hydroxylation is 2. The molecule has 2 rings (SSSR count). The van der Waals surface area contributed by atoms with E-state index in [-0.39, 0.29) is 5.78 Å². The minimum atomic E-state index is 0.0370. The van der Waals surface area contributed by atoms with Crippen LogP contribution < -0.4 is 0 Å². The molecule has 0 fully saturated rings. The number of nitrogens with zero attached hydrogens (tertiary/aromatic N) is 3. The topological polar surface area (TPSA) is 47.8 Å². The van der Waals surface area contributed by atoms with Crippen molar-refractivity contribution in [1.82, 2.24) is 14.8 Å². The lowest BCUT2D eigenvalue weighted by molar-refractivity contribution is 0.101. The van der Waals surface area contributed by atoms with Gasteiger partial charge in [-0.3, -0.25) is 4.79 Å². The molecule has 0 aliphatic carbocycles. The van der Waals surface area contributed by atoms with Crippen LogP contribution in [0.1, 0.15) is 28.9 Å². The van der Waals surface area contributed by atoms with Crippen molar-refractivity contribution in [3.63, 3.8) is 0 Å². The molecular formula is C12H12BrN3O. The Hall–Kier alpha value is -1.49. The fraction of sp³-hybridized carbons (Fsp3) is 0.250. The first-order valence-electron chi connectivity index (χ1n) is 5.20. The number of benzene rings is 1. The molecule has 0 saturated heterocycles. The molecule has 0 aliphatic heterocycles. The number of rotatable bonds is 2. The molecular weight excluding hydrogens is 282 g/mol. The normalized spacial score (nSPS) is 10.6. The lowest BCUT2D eigenvalue weighted by atomic mass is 10.1. The molecule has 0 atom stereocenters. The summed E-state index contributed by atoms with van der Waals surface area (Å²) in [6, 6.07) is 5.53. The van der Waals surface area contributed by atoms with Crippen LogP contribution in [-0.2, 0) is 0 Å². The van der Waals surface area contributed by atoms with Gasteiger partial charge in [0.1, 0.15) is 11.6 Å². The Morgan fingerprint density at radius 2 is 2.06 bits per heavy atom. The molecule has 88 valence electrons. The first kappa shape index (κ1) is 12.0. The molecule has 5 heteroatoms. The summed E-state index contributed by atoms with van der Waals surface area (Å²) in [5.74, 6) is 1.59. The molecule has 0 amide bonds. The fourth-order valence-corrected chi connectivity index (χ4v) is 2.33. The second-order valence-corrected chi connectivity index (χ2v) is 4.69. The van der Waals surface area contributed by atoms with E-state index >= 15 is 0 Å². The summed E-state index contributed by atoms with van der Waals surface area (Å²) in [5.41, 5.74) is 1.56. The number of carbonyl (C=O) groups excluding carboxylic acids is 1. The van der Waals surface area contributed by atoms with Gasteiger partial charge < -0.3 is 0 Å². The van der Waals surface area contributed by atoms with Gasteiger partial charge in [-0.25, -0.2) is 9.67 Å². The number of hydrogen-bond acceptors (Lipinski definition) is 3.